The Kier molecular flexibility index (Phi) is 8.26. The van der Waals surface area contributed by atoms with Gasteiger partial charge in [0.25, 0.3) is 0 Å². The molecule has 1 rings (SSSR count). The van der Waals surface area contributed by atoms with Crippen molar-refractivity contribution in [2.45, 2.75) is 70.6 Å². The minimum atomic E-state index is -0.269. The number of rotatable bonds is 0. The molecule has 0 aromatic carbocycles. The maximum absolute atomic E-state index is 11.3. The van der Waals surface area contributed by atoms with Crippen LogP contribution in [0.5, 0.6) is 0 Å². The summed E-state index contributed by atoms with van der Waals surface area (Å²) in [5.41, 5.74) is 0. The fourth-order valence-electron chi connectivity index (χ4n) is 2.08. The topological polar surface area (TPSA) is 52.6 Å². The fourth-order valence-corrected chi connectivity index (χ4v) is 2.08. The van der Waals surface area contributed by atoms with Gasteiger partial charge in [-0.3, -0.25) is 9.59 Å². The first kappa shape index (κ1) is 15.0. The van der Waals surface area contributed by atoms with Crippen molar-refractivity contribution >= 4 is 11.9 Å². The van der Waals surface area contributed by atoms with E-state index in [1.54, 1.807) is 0 Å². The number of hydrogen-bond donors (Lipinski definition) is 0. The predicted molar refractivity (Wildman–Crippen MR) is 67.8 cm³/mol. The molecule has 0 saturated carbocycles. The lowest BCUT2D eigenvalue weighted by Crippen LogP contribution is -2.12. The number of cyclic esters (lactones) is 2. The van der Waals surface area contributed by atoms with Crippen LogP contribution < -0.4 is 0 Å². The molecular weight excluding hydrogens is 232 g/mol. The van der Waals surface area contributed by atoms with Crippen molar-refractivity contribution in [2.75, 3.05) is 6.79 Å². The van der Waals surface area contributed by atoms with Crippen LogP contribution in [-0.2, 0) is 19.1 Å². The minimum absolute atomic E-state index is 0.225. The molecule has 1 aliphatic rings. The summed E-state index contributed by atoms with van der Waals surface area (Å²) < 4.78 is 9.66. The van der Waals surface area contributed by atoms with Crippen LogP contribution in [0.1, 0.15) is 70.6 Å². The Morgan fingerprint density at radius 3 is 1.28 bits per heavy atom. The Hall–Kier alpha value is -1.06. The van der Waals surface area contributed by atoms with Gasteiger partial charge in [0.15, 0.2) is 0 Å². The summed E-state index contributed by atoms with van der Waals surface area (Å²) in [7, 11) is 0. The average Bonchev–Trinajstić information content (AvgIpc) is 2.34. The Bertz CT molecular complexity index is 226. The van der Waals surface area contributed by atoms with Crippen LogP contribution in [0.3, 0.4) is 0 Å². The first-order valence-corrected chi connectivity index (χ1v) is 7.10. The molecule has 1 saturated heterocycles. The lowest BCUT2D eigenvalue weighted by Gasteiger charge is -2.07. The first-order chi connectivity index (χ1) is 8.79. The monoisotopic (exact) mass is 256 g/mol. The molecule has 18 heavy (non-hydrogen) atoms. The number of hydrogen-bond acceptors (Lipinski definition) is 4. The van der Waals surface area contributed by atoms with Crippen LogP contribution in [0.2, 0.25) is 0 Å². The minimum Gasteiger partial charge on any atom is -0.428 e. The van der Waals surface area contributed by atoms with Gasteiger partial charge in [0.1, 0.15) is 0 Å². The van der Waals surface area contributed by atoms with Crippen LogP contribution in [-0.4, -0.2) is 18.7 Å². The summed E-state index contributed by atoms with van der Waals surface area (Å²) in [5.74, 6) is -0.537. The molecule has 0 amide bonds. The Morgan fingerprint density at radius 2 is 0.889 bits per heavy atom. The quantitative estimate of drug-likeness (QED) is 0.624. The van der Waals surface area contributed by atoms with Crippen LogP contribution in [0.4, 0.5) is 0 Å². The highest BCUT2D eigenvalue weighted by molar-refractivity contribution is 5.70. The zero-order valence-corrected chi connectivity index (χ0v) is 11.1. The summed E-state index contributed by atoms with van der Waals surface area (Å²) in [6, 6.07) is 0. The molecule has 0 aromatic heterocycles. The van der Waals surface area contributed by atoms with E-state index >= 15 is 0 Å². The van der Waals surface area contributed by atoms with Crippen molar-refractivity contribution in [3.8, 4) is 0 Å². The van der Waals surface area contributed by atoms with Crippen molar-refractivity contribution < 1.29 is 19.1 Å². The SMILES string of the molecule is O=C1CCCCCCCCCCCC(=O)OCO1. The van der Waals surface area contributed by atoms with E-state index in [1.807, 2.05) is 0 Å². The van der Waals surface area contributed by atoms with Gasteiger partial charge in [-0.15, -0.1) is 0 Å². The third-order valence-electron chi connectivity index (χ3n) is 3.20. The molecule has 0 atom stereocenters. The Labute approximate surface area is 109 Å². The first-order valence-electron chi connectivity index (χ1n) is 7.10. The van der Waals surface area contributed by atoms with Crippen molar-refractivity contribution in [3.63, 3.8) is 0 Å². The molecule has 0 unspecified atom stereocenters. The summed E-state index contributed by atoms with van der Waals surface area (Å²) in [5, 5.41) is 0. The largest absolute Gasteiger partial charge is 0.428 e. The van der Waals surface area contributed by atoms with Crippen LogP contribution in [0.15, 0.2) is 0 Å². The molecule has 0 aliphatic carbocycles. The third kappa shape index (κ3) is 8.09. The molecule has 0 aromatic rings. The highest BCUT2D eigenvalue weighted by Gasteiger charge is 2.06. The molecule has 4 heteroatoms. The number of carbonyl (C=O) groups is 2. The van der Waals surface area contributed by atoms with E-state index in [0.717, 1.165) is 25.7 Å². The van der Waals surface area contributed by atoms with Crippen molar-refractivity contribution in [3.05, 3.63) is 0 Å². The van der Waals surface area contributed by atoms with E-state index in [1.165, 1.54) is 32.1 Å². The third-order valence-corrected chi connectivity index (χ3v) is 3.20. The molecule has 4 nitrogen and oxygen atoms in total. The summed E-state index contributed by atoms with van der Waals surface area (Å²) >= 11 is 0. The molecule has 0 radical (unpaired) electrons. The van der Waals surface area contributed by atoms with Crippen molar-refractivity contribution in [2.24, 2.45) is 0 Å². The van der Waals surface area contributed by atoms with Crippen LogP contribution in [0, 0.1) is 0 Å². The van der Waals surface area contributed by atoms with E-state index in [4.69, 9.17) is 9.47 Å². The van der Waals surface area contributed by atoms with E-state index in [2.05, 4.69) is 0 Å². The number of carbonyl (C=O) groups excluding carboxylic acids is 2. The zero-order chi connectivity index (χ0) is 13.1. The lowest BCUT2D eigenvalue weighted by molar-refractivity contribution is -0.167. The molecule has 0 N–H and O–H groups in total. The molecule has 104 valence electrons. The van der Waals surface area contributed by atoms with Crippen molar-refractivity contribution in [1.29, 1.82) is 0 Å². The average molecular weight is 256 g/mol. The van der Waals surface area contributed by atoms with Crippen molar-refractivity contribution in [1.82, 2.24) is 0 Å². The maximum Gasteiger partial charge on any atom is 0.308 e. The molecule has 1 fully saturated rings. The molecular formula is C14H24O4. The molecule has 0 bridgehead atoms. The van der Waals surface area contributed by atoms with Gasteiger partial charge < -0.3 is 9.47 Å². The van der Waals surface area contributed by atoms with E-state index in [-0.39, 0.29) is 18.7 Å². The summed E-state index contributed by atoms with van der Waals surface area (Å²) in [4.78, 5) is 22.5. The summed E-state index contributed by atoms with van der Waals surface area (Å²) in [6.07, 6.45) is 10.9. The molecule has 1 aliphatic heterocycles. The Morgan fingerprint density at radius 1 is 0.556 bits per heavy atom. The fraction of sp³-hybridized carbons (Fsp3) is 0.857. The van der Waals surface area contributed by atoms with Crippen LogP contribution >= 0.6 is 0 Å². The predicted octanol–water partition coefficient (Wildman–Crippen LogP) is 3.34. The van der Waals surface area contributed by atoms with Gasteiger partial charge in [-0.2, -0.15) is 0 Å². The normalized spacial score (nSPS) is 22.0. The number of esters is 2. The van der Waals surface area contributed by atoms with E-state index in [9.17, 15) is 9.59 Å². The second-order valence-corrected chi connectivity index (χ2v) is 4.83. The second kappa shape index (κ2) is 9.92. The molecule has 1 heterocycles. The standard InChI is InChI=1S/C14H24O4/c15-13-10-8-6-4-2-1-3-5-7-9-11-14(16)18-12-17-13/h1-12H2. The zero-order valence-electron chi connectivity index (χ0n) is 11.1. The van der Waals surface area contributed by atoms with Gasteiger partial charge in [0.05, 0.1) is 0 Å². The smallest absolute Gasteiger partial charge is 0.308 e. The lowest BCUT2D eigenvalue weighted by atomic mass is 10.1. The van der Waals surface area contributed by atoms with Gasteiger partial charge in [0, 0.05) is 12.8 Å². The molecule has 0 spiro atoms. The Balaban J connectivity index is 2.22. The van der Waals surface area contributed by atoms with Gasteiger partial charge in [-0.05, 0) is 12.8 Å². The second-order valence-electron chi connectivity index (χ2n) is 4.83. The van der Waals surface area contributed by atoms with E-state index in [0.29, 0.717) is 12.8 Å². The van der Waals surface area contributed by atoms with Gasteiger partial charge >= 0.3 is 11.9 Å². The summed E-state index contributed by atoms with van der Waals surface area (Å²) in [6.45, 7) is -0.225. The van der Waals surface area contributed by atoms with Gasteiger partial charge in [-0.1, -0.05) is 44.9 Å². The highest BCUT2D eigenvalue weighted by Crippen LogP contribution is 2.12. The number of ether oxygens (including phenoxy) is 2. The van der Waals surface area contributed by atoms with Crippen LogP contribution in [0.25, 0.3) is 0 Å². The van der Waals surface area contributed by atoms with Gasteiger partial charge in [0.2, 0.25) is 6.79 Å². The highest BCUT2D eigenvalue weighted by atomic mass is 16.7. The van der Waals surface area contributed by atoms with Gasteiger partial charge in [-0.25, -0.2) is 0 Å². The van der Waals surface area contributed by atoms with E-state index < -0.39 is 0 Å². The maximum atomic E-state index is 11.3.